The average Bonchev–Trinajstić information content (AvgIpc) is 3.14. The molecule has 1 aliphatic carbocycles. The quantitative estimate of drug-likeness (QED) is 0.355. The Labute approximate surface area is 223 Å². The number of hydrogen-bond donors (Lipinski definition) is 2. The van der Waals surface area contributed by atoms with E-state index in [2.05, 4.69) is 39.8 Å². The molecule has 1 fully saturated rings. The number of allylic oxidation sites excluding steroid dienone is 1. The summed E-state index contributed by atoms with van der Waals surface area (Å²) < 4.78 is 45.8. The molecule has 3 aromatic rings. The van der Waals surface area contributed by atoms with E-state index >= 15 is 4.39 Å². The molecule has 0 spiro atoms. The number of halogens is 2. The molecule has 0 bridgehead atoms. The zero-order chi connectivity index (χ0) is 26.9. The number of sulfonamides is 1. The first-order chi connectivity index (χ1) is 17.5. The number of aromatic nitrogens is 2. The maximum absolute atomic E-state index is 15.1. The van der Waals surface area contributed by atoms with Gasteiger partial charge in [0.15, 0.2) is 0 Å². The largest absolute Gasteiger partial charge is 0.379 e. The van der Waals surface area contributed by atoms with E-state index in [0.29, 0.717) is 11.6 Å². The van der Waals surface area contributed by atoms with Gasteiger partial charge in [-0.1, -0.05) is 44.4 Å². The summed E-state index contributed by atoms with van der Waals surface area (Å²) in [6.45, 7) is 4.19. The lowest BCUT2D eigenvalue weighted by atomic mass is 9.89. The third-order valence-corrected chi connectivity index (χ3v) is 8.58. The molecule has 2 heterocycles. The first-order valence-corrected chi connectivity index (χ1v) is 14.4. The summed E-state index contributed by atoms with van der Waals surface area (Å²) in [6, 6.07) is 6.34. The van der Waals surface area contributed by atoms with Crippen LogP contribution < -0.4 is 10.0 Å². The third-order valence-electron chi connectivity index (χ3n) is 6.90. The van der Waals surface area contributed by atoms with E-state index in [-0.39, 0.29) is 22.9 Å². The Hall–Kier alpha value is -2.62. The molecule has 200 valence electrons. The van der Waals surface area contributed by atoms with Crippen molar-refractivity contribution < 1.29 is 12.8 Å². The van der Waals surface area contributed by atoms with Crippen LogP contribution in [0.2, 0.25) is 5.02 Å². The van der Waals surface area contributed by atoms with Crippen molar-refractivity contribution in [1.29, 1.82) is 0 Å². The van der Waals surface area contributed by atoms with Crippen molar-refractivity contribution in [2.24, 2.45) is 13.0 Å². The molecule has 0 aliphatic heterocycles. The average molecular weight is 548 g/mol. The van der Waals surface area contributed by atoms with Gasteiger partial charge < -0.3 is 14.8 Å². The van der Waals surface area contributed by atoms with E-state index in [4.69, 9.17) is 11.6 Å². The van der Waals surface area contributed by atoms with Gasteiger partial charge in [-0.2, -0.15) is 0 Å². The number of nitrogens with zero attached hydrogens (tertiary/aromatic N) is 3. The number of benzene rings is 1. The van der Waals surface area contributed by atoms with Gasteiger partial charge >= 0.3 is 0 Å². The van der Waals surface area contributed by atoms with E-state index in [1.54, 1.807) is 12.3 Å². The van der Waals surface area contributed by atoms with Crippen LogP contribution in [0, 0.1) is 11.7 Å². The normalized spacial score (nSPS) is 18.8. The highest BCUT2D eigenvalue weighted by atomic mass is 35.5. The van der Waals surface area contributed by atoms with Crippen molar-refractivity contribution >= 4 is 50.1 Å². The lowest BCUT2D eigenvalue weighted by Crippen LogP contribution is -2.45. The zero-order valence-electron chi connectivity index (χ0n) is 21.9. The van der Waals surface area contributed by atoms with Crippen LogP contribution in [0.4, 0.5) is 15.9 Å². The third kappa shape index (κ3) is 6.10. The summed E-state index contributed by atoms with van der Waals surface area (Å²) in [7, 11) is 1.69. The molecule has 0 amide bonds. The number of aryl methyl sites for hydroxylation is 1. The molecule has 0 saturated heterocycles. The minimum Gasteiger partial charge on any atom is -0.379 e. The van der Waals surface area contributed by atoms with Gasteiger partial charge in [0, 0.05) is 42.5 Å². The molecule has 2 atom stereocenters. The summed E-state index contributed by atoms with van der Waals surface area (Å²) in [4.78, 5) is 5.87. The minimum absolute atomic E-state index is 0.0989. The molecule has 2 N–H and O–H groups in total. The van der Waals surface area contributed by atoms with Gasteiger partial charge in [-0.05, 0) is 57.1 Å². The Kier molecular flexibility index (Phi) is 8.16. The summed E-state index contributed by atoms with van der Waals surface area (Å²) in [5, 5.41) is 4.37. The maximum Gasteiger partial charge on any atom is 0.266 e. The van der Waals surface area contributed by atoms with E-state index in [0.717, 1.165) is 48.3 Å². The van der Waals surface area contributed by atoms with Gasteiger partial charge in [-0.15, -0.1) is 0 Å². The lowest BCUT2D eigenvalue weighted by Gasteiger charge is -2.37. The Bertz CT molecular complexity index is 1420. The number of likely N-dealkylation sites (N-methyl/N-ethyl adjacent to an activating group) is 1. The van der Waals surface area contributed by atoms with Crippen LogP contribution in [-0.4, -0.2) is 49.0 Å². The van der Waals surface area contributed by atoms with Crippen LogP contribution in [0.3, 0.4) is 0 Å². The number of pyridine rings is 1. The standard InChI is InChI=1S/C27H35ClFN5O2S/c1-17(2)10-11-19-12-18-16-30-27(15-25(18)34(19)5)32-37(35,36)26-13-20(28)23(14-21(26)29)31-22-8-6-7-9-24(22)33(3)4/h10-17,22,24,31H,6-9H2,1-5H3,(H,30,32)/b11-10+/t22-,24-/m0/s1. The van der Waals surface area contributed by atoms with E-state index < -0.39 is 20.7 Å². The molecule has 4 rings (SSSR count). The second-order valence-electron chi connectivity index (χ2n) is 10.3. The molecule has 0 radical (unpaired) electrons. The van der Waals surface area contributed by atoms with Crippen molar-refractivity contribution in [2.75, 3.05) is 24.1 Å². The van der Waals surface area contributed by atoms with Gasteiger partial charge in [0.1, 0.15) is 16.5 Å². The highest BCUT2D eigenvalue weighted by molar-refractivity contribution is 7.92. The van der Waals surface area contributed by atoms with Crippen LogP contribution in [-0.2, 0) is 17.1 Å². The van der Waals surface area contributed by atoms with Crippen LogP contribution in [0.1, 0.15) is 45.2 Å². The molecule has 2 aromatic heterocycles. The number of hydrogen-bond acceptors (Lipinski definition) is 5. The second kappa shape index (κ2) is 11.0. The van der Waals surface area contributed by atoms with Crippen LogP contribution in [0.5, 0.6) is 0 Å². The van der Waals surface area contributed by atoms with Crippen molar-refractivity contribution in [3.8, 4) is 0 Å². The predicted octanol–water partition coefficient (Wildman–Crippen LogP) is 6.12. The second-order valence-corrected chi connectivity index (χ2v) is 12.4. The topological polar surface area (TPSA) is 79.3 Å². The predicted molar refractivity (Wildman–Crippen MR) is 150 cm³/mol. The summed E-state index contributed by atoms with van der Waals surface area (Å²) in [5.74, 6) is -0.376. The van der Waals surface area contributed by atoms with Crippen LogP contribution in [0.15, 0.2) is 41.4 Å². The van der Waals surface area contributed by atoms with Crippen molar-refractivity contribution in [1.82, 2.24) is 14.5 Å². The van der Waals surface area contributed by atoms with E-state index in [9.17, 15) is 8.42 Å². The Balaban J connectivity index is 1.58. The summed E-state index contributed by atoms with van der Waals surface area (Å²) in [5.41, 5.74) is 2.17. The molecule has 1 aromatic carbocycles. The Morgan fingerprint density at radius 1 is 1.19 bits per heavy atom. The SMILES string of the molecule is CC(C)/C=C/c1cc2cnc(NS(=O)(=O)c3cc(Cl)c(N[C@H]4CCCC[C@@H]4N(C)C)cc3F)cc2n1C. The van der Waals surface area contributed by atoms with Gasteiger partial charge in [0.25, 0.3) is 10.0 Å². The highest BCUT2D eigenvalue weighted by Crippen LogP contribution is 2.33. The first kappa shape index (κ1) is 27.4. The van der Waals surface area contributed by atoms with E-state index in [1.807, 2.05) is 37.9 Å². The van der Waals surface area contributed by atoms with Gasteiger partial charge in [0.2, 0.25) is 0 Å². The van der Waals surface area contributed by atoms with Gasteiger partial charge in [0.05, 0.1) is 16.2 Å². The number of rotatable bonds is 8. The molecule has 1 saturated carbocycles. The summed E-state index contributed by atoms with van der Waals surface area (Å²) in [6.07, 6.45) is 9.90. The van der Waals surface area contributed by atoms with Crippen molar-refractivity contribution in [2.45, 2.75) is 56.5 Å². The molecular formula is C27H35ClFN5O2S. The highest BCUT2D eigenvalue weighted by Gasteiger charge is 2.28. The Morgan fingerprint density at radius 2 is 1.92 bits per heavy atom. The van der Waals surface area contributed by atoms with Crippen LogP contribution >= 0.6 is 11.6 Å². The van der Waals surface area contributed by atoms with Crippen LogP contribution in [0.25, 0.3) is 17.0 Å². The number of fused-ring (bicyclic) bond motifs is 1. The van der Waals surface area contributed by atoms with Gasteiger partial charge in [-0.25, -0.2) is 17.8 Å². The molecule has 1 aliphatic rings. The fourth-order valence-corrected chi connectivity index (χ4v) is 6.26. The number of nitrogens with one attached hydrogen (secondary N) is 2. The van der Waals surface area contributed by atoms with Crippen molar-refractivity contribution in [3.05, 3.63) is 53.1 Å². The zero-order valence-corrected chi connectivity index (χ0v) is 23.5. The first-order valence-electron chi connectivity index (χ1n) is 12.5. The minimum atomic E-state index is -4.27. The lowest BCUT2D eigenvalue weighted by molar-refractivity contribution is 0.211. The fourth-order valence-electron chi connectivity index (χ4n) is 4.89. The molecule has 0 unspecified atom stereocenters. The molecule has 37 heavy (non-hydrogen) atoms. The smallest absolute Gasteiger partial charge is 0.266 e. The maximum atomic E-state index is 15.1. The fraction of sp³-hybridized carbons (Fsp3) is 0.444. The molecule has 10 heteroatoms. The van der Waals surface area contributed by atoms with E-state index in [1.165, 1.54) is 6.07 Å². The Morgan fingerprint density at radius 3 is 2.62 bits per heavy atom. The van der Waals surface area contributed by atoms with Crippen molar-refractivity contribution in [3.63, 3.8) is 0 Å². The number of anilines is 2. The monoisotopic (exact) mass is 547 g/mol. The molecular weight excluding hydrogens is 513 g/mol. The van der Waals surface area contributed by atoms with Gasteiger partial charge in [-0.3, -0.25) is 4.72 Å². The molecule has 7 nitrogen and oxygen atoms in total. The summed E-state index contributed by atoms with van der Waals surface area (Å²) >= 11 is 6.45.